The van der Waals surface area contributed by atoms with Crippen LogP contribution in [0.3, 0.4) is 0 Å². The Morgan fingerprint density at radius 1 is 1.24 bits per heavy atom. The molecule has 0 bridgehead atoms. The SMILES string of the molecule is COC(=O)C(C)(CN1CCN(CC2CC2)CC1)NC(C)C. The molecule has 0 amide bonds. The molecule has 0 aromatic rings. The van der Waals surface area contributed by atoms with Gasteiger partial charge in [0, 0.05) is 45.3 Å². The normalized spacial score (nSPS) is 24.0. The lowest BCUT2D eigenvalue weighted by molar-refractivity contribution is -0.149. The van der Waals surface area contributed by atoms with Crippen LogP contribution in [0.25, 0.3) is 0 Å². The lowest BCUT2D eigenvalue weighted by Gasteiger charge is -2.40. The van der Waals surface area contributed by atoms with Gasteiger partial charge in [-0.15, -0.1) is 0 Å². The highest BCUT2D eigenvalue weighted by Crippen LogP contribution is 2.30. The molecule has 122 valence electrons. The summed E-state index contributed by atoms with van der Waals surface area (Å²) in [7, 11) is 1.47. The van der Waals surface area contributed by atoms with Gasteiger partial charge in [-0.3, -0.25) is 15.0 Å². The van der Waals surface area contributed by atoms with E-state index in [9.17, 15) is 4.79 Å². The fourth-order valence-corrected chi connectivity index (χ4v) is 3.27. The molecule has 0 radical (unpaired) electrons. The average molecular weight is 297 g/mol. The summed E-state index contributed by atoms with van der Waals surface area (Å²) in [5.41, 5.74) is -0.623. The van der Waals surface area contributed by atoms with Gasteiger partial charge in [0.25, 0.3) is 0 Å². The van der Waals surface area contributed by atoms with Crippen LogP contribution in [0, 0.1) is 5.92 Å². The maximum absolute atomic E-state index is 12.1. The Morgan fingerprint density at radius 3 is 2.29 bits per heavy atom. The Bertz CT molecular complexity index is 349. The number of nitrogens with one attached hydrogen (secondary N) is 1. The molecule has 1 N–H and O–H groups in total. The Labute approximate surface area is 129 Å². The predicted octanol–water partition coefficient (Wildman–Crippen LogP) is 0.944. The molecule has 0 aromatic heterocycles. The molecule has 5 nitrogen and oxygen atoms in total. The molecule has 1 aliphatic carbocycles. The Balaban J connectivity index is 1.84. The standard InChI is InChI=1S/C16H31N3O2/c1-13(2)17-16(3,15(20)21-4)12-19-9-7-18(8-10-19)11-14-5-6-14/h13-14,17H,5-12H2,1-4H3. The lowest BCUT2D eigenvalue weighted by atomic mass is 10.00. The van der Waals surface area contributed by atoms with Crippen LogP contribution in [-0.2, 0) is 9.53 Å². The molecular formula is C16H31N3O2. The third-order valence-corrected chi connectivity index (χ3v) is 4.46. The van der Waals surface area contributed by atoms with Crippen molar-refractivity contribution < 1.29 is 9.53 Å². The number of carbonyl (C=O) groups is 1. The fourth-order valence-electron chi connectivity index (χ4n) is 3.27. The monoisotopic (exact) mass is 297 g/mol. The number of rotatable bonds is 7. The number of hydrogen-bond acceptors (Lipinski definition) is 5. The van der Waals surface area contributed by atoms with Crippen molar-refractivity contribution in [1.82, 2.24) is 15.1 Å². The number of piperazine rings is 1. The smallest absolute Gasteiger partial charge is 0.327 e. The molecular weight excluding hydrogens is 266 g/mol. The summed E-state index contributed by atoms with van der Waals surface area (Å²) in [6.07, 6.45) is 2.83. The highest BCUT2D eigenvalue weighted by molar-refractivity contribution is 5.80. The predicted molar refractivity (Wildman–Crippen MR) is 84.3 cm³/mol. The van der Waals surface area contributed by atoms with Crippen LogP contribution in [0.2, 0.25) is 0 Å². The molecule has 0 spiro atoms. The largest absolute Gasteiger partial charge is 0.468 e. The molecule has 1 heterocycles. The van der Waals surface area contributed by atoms with Crippen molar-refractivity contribution >= 4 is 5.97 Å². The second kappa shape index (κ2) is 7.07. The van der Waals surface area contributed by atoms with Crippen molar-refractivity contribution in [3.05, 3.63) is 0 Å². The Hall–Kier alpha value is -0.650. The van der Waals surface area contributed by atoms with Crippen molar-refractivity contribution in [2.45, 2.75) is 45.2 Å². The van der Waals surface area contributed by atoms with Crippen molar-refractivity contribution in [3.63, 3.8) is 0 Å². The van der Waals surface area contributed by atoms with Gasteiger partial charge >= 0.3 is 5.97 Å². The van der Waals surface area contributed by atoms with Crippen LogP contribution in [0.4, 0.5) is 0 Å². The third kappa shape index (κ3) is 4.94. The van der Waals surface area contributed by atoms with E-state index >= 15 is 0 Å². The summed E-state index contributed by atoms with van der Waals surface area (Å²) in [6, 6.07) is 0.255. The first kappa shape index (κ1) is 16.7. The number of methoxy groups -OCH3 is 1. The third-order valence-electron chi connectivity index (χ3n) is 4.46. The van der Waals surface area contributed by atoms with E-state index in [2.05, 4.69) is 29.0 Å². The van der Waals surface area contributed by atoms with E-state index in [1.807, 2.05) is 6.92 Å². The van der Waals surface area contributed by atoms with Crippen LogP contribution in [0.5, 0.6) is 0 Å². The summed E-state index contributed by atoms with van der Waals surface area (Å²) in [5.74, 6) is 0.788. The quantitative estimate of drug-likeness (QED) is 0.709. The molecule has 2 fully saturated rings. The van der Waals surface area contributed by atoms with Gasteiger partial charge in [-0.1, -0.05) is 0 Å². The molecule has 5 heteroatoms. The zero-order valence-corrected chi connectivity index (χ0v) is 14.0. The highest BCUT2D eigenvalue weighted by atomic mass is 16.5. The van der Waals surface area contributed by atoms with Crippen LogP contribution in [0.1, 0.15) is 33.6 Å². The van der Waals surface area contributed by atoms with Gasteiger partial charge in [0.2, 0.25) is 0 Å². The zero-order valence-electron chi connectivity index (χ0n) is 14.0. The first-order valence-corrected chi connectivity index (χ1v) is 8.24. The molecule has 21 heavy (non-hydrogen) atoms. The summed E-state index contributed by atoms with van der Waals surface area (Å²) in [6.45, 7) is 12.4. The molecule has 1 saturated heterocycles. The summed E-state index contributed by atoms with van der Waals surface area (Å²) < 4.78 is 5.00. The Kier molecular flexibility index (Phi) is 5.63. The number of ether oxygens (including phenoxy) is 1. The number of nitrogens with zero attached hydrogens (tertiary/aromatic N) is 2. The fraction of sp³-hybridized carbons (Fsp3) is 0.938. The highest BCUT2D eigenvalue weighted by Gasteiger charge is 2.37. The van der Waals surface area contributed by atoms with Gasteiger partial charge in [-0.25, -0.2) is 0 Å². The van der Waals surface area contributed by atoms with Gasteiger partial charge in [0.05, 0.1) is 7.11 Å². The van der Waals surface area contributed by atoms with E-state index < -0.39 is 5.54 Å². The topological polar surface area (TPSA) is 44.8 Å². The van der Waals surface area contributed by atoms with Gasteiger partial charge < -0.3 is 9.64 Å². The molecule has 2 rings (SSSR count). The molecule has 1 unspecified atom stereocenters. The number of carbonyl (C=O) groups excluding carboxylic acids is 1. The maximum Gasteiger partial charge on any atom is 0.327 e. The summed E-state index contributed by atoms with van der Waals surface area (Å²) in [4.78, 5) is 17.1. The van der Waals surface area contributed by atoms with Crippen LogP contribution in [-0.4, -0.2) is 73.7 Å². The minimum Gasteiger partial charge on any atom is -0.468 e. The van der Waals surface area contributed by atoms with E-state index in [-0.39, 0.29) is 12.0 Å². The van der Waals surface area contributed by atoms with Crippen LogP contribution < -0.4 is 5.32 Å². The van der Waals surface area contributed by atoms with Crippen molar-refractivity contribution in [2.75, 3.05) is 46.4 Å². The van der Waals surface area contributed by atoms with Gasteiger partial charge in [0.15, 0.2) is 0 Å². The maximum atomic E-state index is 12.1. The molecule has 1 atom stereocenters. The number of hydrogen-bond donors (Lipinski definition) is 1. The molecule has 1 aliphatic heterocycles. The molecule has 2 aliphatic rings. The van der Waals surface area contributed by atoms with Gasteiger partial charge in [0.1, 0.15) is 5.54 Å². The second-order valence-corrected chi connectivity index (χ2v) is 7.14. The van der Waals surface area contributed by atoms with Gasteiger partial charge in [-0.05, 0) is 39.5 Å². The molecule has 0 aromatic carbocycles. The van der Waals surface area contributed by atoms with Crippen molar-refractivity contribution in [1.29, 1.82) is 0 Å². The van der Waals surface area contributed by atoms with Crippen molar-refractivity contribution in [3.8, 4) is 0 Å². The number of esters is 1. The van der Waals surface area contributed by atoms with E-state index in [1.54, 1.807) is 0 Å². The minimum absolute atomic E-state index is 0.170. The first-order valence-electron chi connectivity index (χ1n) is 8.24. The first-order chi connectivity index (χ1) is 9.93. The van der Waals surface area contributed by atoms with Crippen LogP contribution >= 0.6 is 0 Å². The van der Waals surface area contributed by atoms with Crippen molar-refractivity contribution in [2.24, 2.45) is 5.92 Å². The van der Waals surface area contributed by atoms with Crippen LogP contribution in [0.15, 0.2) is 0 Å². The summed E-state index contributed by atoms with van der Waals surface area (Å²) >= 11 is 0. The second-order valence-electron chi connectivity index (χ2n) is 7.14. The van der Waals surface area contributed by atoms with E-state index in [1.165, 1.54) is 26.5 Å². The Morgan fingerprint density at radius 2 is 1.81 bits per heavy atom. The lowest BCUT2D eigenvalue weighted by Crippen LogP contribution is -2.61. The zero-order chi connectivity index (χ0) is 15.5. The van der Waals surface area contributed by atoms with E-state index in [4.69, 9.17) is 4.74 Å². The van der Waals surface area contributed by atoms with E-state index in [0.29, 0.717) is 0 Å². The van der Waals surface area contributed by atoms with E-state index in [0.717, 1.165) is 38.6 Å². The molecule has 1 saturated carbocycles. The summed E-state index contributed by atoms with van der Waals surface area (Å²) in [5, 5.41) is 3.38. The minimum atomic E-state index is -0.623. The van der Waals surface area contributed by atoms with Gasteiger partial charge in [-0.2, -0.15) is 0 Å². The average Bonchev–Trinajstić information content (AvgIpc) is 3.23.